The predicted octanol–water partition coefficient (Wildman–Crippen LogP) is 4.29. The standard InChI is InChI=1S/C26H27N3O2S/c30-26-24-22-8-7-21(28-20-9-11-31-12-10-20)14-23(22)32-25(24)27-16-29(26)15-17-5-6-18-3-1-2-4-19(18)13-17/h1-6,13,16,20-21,28H,7-12,14-15H2. The third-order valence-corrected chi connectivity index (χ3v) is 8.06. The zero-order valence-electron chi connectivity index (χ0n) is 18.0. The number of aryl methyl sites for hydroxylation is 1. The number of nitrogens with one attached hydrogen (secondary N) is 1. The summed E-state index contributed by atoms with van der Waals surface area (Å²) in [5.74, 6) is 0. The van der Waals surface area contributed by atoms with Gasteiger partial charge in [0.05, 0.1) is 18.3 Å². The minimum atomic E-state index is 0.0940. The van der Waals surface area contributed by atoms with Crippen molar-refractivity contribution in [3.05, 3.63) is 75.1 Å². The molecule has 6 rings (SSSR count). The molecule has 6 heteroatoms. The van der Waals surface area contributed by atoms with E-state index in [1.54, 1.807) is 22.2 Å². The molecule has 0 spiro atoms. The molecule has 32 heavy (non-hydrogen) atoms. The maximum absolute atomic E-state index is 13.4. The number of nitrogens with zero attached hydrogens (tertiary/aromatic N) is 2. The van der Waals surface area contributed by atoms with E-state index < -0.39 is 0 Å². The van der Waals surface area contributed by atoms with Gasteiger partial charge in [0.2, 0.25) is 0 Å². The summed E-state index contributed by atoms with van der Waals surface area (Å²) in [5, 5.41) is 7.10. The van der Waals surface area contributed by atoms with Crippen molar-refractivity contribution in [2.45, 2.75) is 50.7 Å². The van der Waals surface area contributed by atoms with Crippen LogP contribution in [-0.4, -0.2) is 34.8 Å². The summed E-state index contributed by atoms with van der Waals surface area (Å²) < 4.78 is 7.26. The zero-order valence-corrected chi connectivity index (χ0v) is 18.9. The number of thiophene rings is 1. The molecule has 2 aromatic carbocycles. The molecule has 1 aliphatic carbocycles. The van der Waals surface area contributed by atoms with E-state index in [-0.39, 0.29) is 5.56 Å². The number of hydrogen-bond donors (Lipinski definition) is 1. The summed E-state index contributed by atoms with van der Waals surface area (Å²) in [6.45, 7) is 2.27. The Labute approximate surface area is 191 Å². The Morgan fingerprint density at radius 1 is 1.06 bits per heavy atom. The topological polar surface area (TPSA) is 56.2 Å². The summed E-state index contributed by atoms with van der Waals surface area (Å²) in [5.41, 5.74) is 2.45. The van der Waals surface area contributed by atoms with E-state index in [1.165, 1.54) is 21.2 Å². The number of fused-ring (bicyclic) bond motifs is 4. The van der Waals surface area contributed by atoms with E-state index in [0.29, 0.717) is 18.6 Å². The summed E-state index contributed by atoms with van der Waals surface area (Å²) in [7, 11) is 0. The van der Waals surface area contributed by atoms with Gasteiger partial charge < -0.3 is 10.1 Å². The van der Waals surface area contributed by atoms with E-state index in [9.17, 15) is 4.79 Å². The molecule has 1 saturated heterocycles. The molecule has 1 unspecified atom stereocenters. The molecular weight excluding hydrogens is 418 g/mol. The number of hydrogen-bond acceptors (Lipinski definition) is 5. The van der Waals surface area contributed by atoms with Gasteiger partial charge in [-0.25, -0.2) is 4.98 Å². The van der Waals surface area contributed by atoms with Crippen molar-refractivity contribution in [2.75, 3.05) is 13.2 Å². The second-order valence-corrected chi connectivity index (χ2v) is 10.1. The van der Waals surface area contributed by atoms with Gasteiger partial charge in [-0.3, -0.25) is 9.36 Å². The lowest BCUT2D eigenvalue weighted by Gasteiger charge is -2.30. The number of ether oxygens (including phenoxy) is 1. The van der Waals surface area contributed by atoms with Crippen molar-refractivity contribution in [3.8, 4) is 0 Å². The second-order valence-electron chi connectivity index (χ2n) is 9.04. The molecule has 1 fully saturated rings. The van der Waals surface area contributed by atoms with E-state index in [1.807, 2.05) is 12.1 Å². The molecule has 1 aliphatic heterocycles. The van der Waals surface area contributed by atoms with Gasteiger partial charge in [-0.15, -0.1) is 11.3 Å². The van der Waals surface area contributed by atoms with E-state index in [4.69, 9.17) is 9.72 Å². The minimum Gasteiger partial charge on any atom is -0.381 e. The van der Waals surface area contributed by atoms with Gasteiger partial charge in [-0.1, -0.05) is 36.4 Å². The maximum atomic E-state index is 13.4. The average Bonchev–Trinajstić information content (AvgIpc) is 3.20. The molecule has 1 atom stereocenters. The van der Waals surface area contributed by atoms with Crippen LogP contribution >= 0.6 is 11.3 Å². The Balaban J connectivity index is 1.27. The third kappa shape index (κ3) is 3.76. The first-order valence-corrected chi connectivity index (χ1v) is 12.4. The fourth-order valence-corrected chi connectivity index (χ4v) is 6.45. The molecule has 0 bridgehead atoms. The van der Waals surface area contributed by atoms with Crippen LogP contribution in [0.4, 0.5) is 0 Å². The summed E-state index contributed by atoms with van der Waals surface area (Å²) in [6, 6.07) is 15.8. The van der Waals surface area contributed by atoms with Crippen molar-refractivity contribution in [1.82, 2.24) is 14.9 Å². The van der Waals surface area contributed by atoms with Gasteiger partial charge in [-0.05, 0) is 60.1 Å². The van der Waals surface area contributed by atoms with Crippen LogP contribution in [0.15, 0.2) is 53.6 Å². The van der Waals surface area contributed by atoms with Crippen molar-refractivity contribution >= 4 is 32.3 Å². The number of benzene rings is 2. The van der Waals surface area contributed by atoms with Crippen molar-refractivity contribution in [2.24, 2.45) is 0 Å². The monoisotopic (exact) mass is 445 g/mol. The highest BCUT2D eigenvalue weighted by Crippen LogP contribution is 2.34. The largest absolute Gasteiger partial charge is 0.381 e. The van der Waals surface area contributed by atoms with Crippen LogP contribution in [0.2, 0.25) is 0 Å². The van der Waals surface area contributed by atoms with Crippen molar-refractivity contribution in [3.63, 3.8) is 0 Å². The molecule has 0 saturated carbocycles. The fourth-order valence-electron chi connectivity index (χ4n) is 5.19. The summed E-state index contributed by atoms with van der Waals surface area (Å²) in [6.07, 6.45) is 6.94. The first-order valence-electron chi connectivity index (χ1n) is 11.6. The molecule has 164 valence electrons. The molecular formula is C26H27N3O2S. The number of aromatic nitrogens is 2. The molecule has 4 aromatic rings. The lowest BCUT2D eigenvalue weighted by Crippen LogP contribution is -2.44. The Hall–Kier alpha value is -2.54. The van der Waals surface area contributed by atoms with Gasteiger partial charge in [0.15, 0.2) is 0 Å². The van der Waals surface area contributed by atoms with Crippen LogP contribution in [0.25, 0.3) is 21.0 Å². The fraction of sp³-hybridized carbons (Fsp3) is 0.385. The van der Waals surface area contributed by atoms with Gasteiger partial charge in [0.1, 0.15) is 4.83 Å². The minimum absolute atomic E-state index is 0.0940. The smallest absolute Gasteiger partial charge is 0.262 e. The van der Waals surface area contributed by atoms with Crippen LogP contribution in [0.1, 0.15) is 35.3 Å². The normalized spacial score (nSPS) is 19.4. The molecule has 3 heterocycles. The van der Waals surface area contributed by atoms with Crippen LogP contribution in [0.5, 0.6) is 0 Å². The first-order chi connectivity index (χ1) is 15.7. The molecule has 0 amide bonds. The Kier molecular flexibility index (Phi) is 5.29. The highest BCUT2D eigenvalue weighted by Gasteiger charge is 2.27. The molecule has 0 radical (unpaired) electrons. The second kappa shape index (κ2) is 8.43. The predicted molar refractivity (Wildman–Crippen MR) is 130 cm³/mol. The van der Waals surface area contributed by atoms with Gasteiger partial charge in [0.25, 0.3) is 5.56 Å². The summed E-state index contributed by atoms with van der Waals surface area (Å²) in [4.78, 5) is 20.3. The van der Waals surface area contributed by atoms with E-state index >= 15 is 0 Å². The summed E-state index contributed by atoms with van der Waals surface area (Å²) >= 11 is 1.71. The van der Waals surface area contributed by atoms with Gasteiger partial charge in [0, 0.05) is 30.2 Å². The van der Waals surface area contributed by atoms with Gasteiger partial charge in [-0.2, -0.15) is 0 Å². The van der Waals surface area contributed by atoms with Gasteiger partial charge >= 0.3 is 0 Å². The lowest BCUT2D eigenvalue weighted by molar-refractivity contribution is 0.0743. The highest BCUT2D eigenvalue weighted by atomic mass is 32.1. The Morgan fingerprint density at radius 3 is 2.78 bits per heavy atom. The van der Waals surface area contributed by atoms with Crippen molar-refractivity contribution in [1.29, 1.82) is 0 Å². The zero-order chi connectivity index (χ0) is 21.5. The van der Waals surface area contributed by atoms with Crippen LogP contribution < -0.4 is 10.9 Å². The Bertz CT molecular complexity index is 1340. The van der Waals surface area contributed by atoms with E-state index in [2.05, 4.69) is 35.6 Å². The first kappa shape index (κ1) is 20.1. The SMILES string of the molecule is O=c1c2c3c(sc2ncn1Cc1ccc2ccccc2c1)CC(NC1CCOCC1)CC3. The molecule has 2 aliphatic rings. The molecule has 2 aromatic heterocycles. The lowest BCUT2D eigenvalue weighted by atomic mass is 9.92. The quantitative estimate of drug-likeness (QED) is 0.509. The molecule has 1 N–H and O–H groups in total. The van der Waals surface area contributed by atoms with E-state index in [0.717, 1.165) is 61.1 Å². The third-order valence-electron chi connectivity index (χ3n) is 6.90. The number of rotatable bonds is 4. The van der Waals surface area contributed by atoms with Crippen LogP contribution in [-0.2, 0) is 24.1 Å². The van der Waals surface area contributed by atoms with Crippen molar-refractivity contribution < 1.29 is 4.74 Å². The molecule has 5 nitrogen and oxygen atoms in total. The average molecular weight is 446 g/mol. The Morgan fingerprint density at radius 2 is 1.91 bits per heavy atom. The highest BCUT2D eigenvalue weighted by molar-refractivity contribution is 7.18. The van der Waals surface area contributed by atoms with Crippen LogP contribution in [0.3, 0.4) is 0 Å². The van der Waals surface area contributed by atoms with Crippen LogP contribution in [0, 0.1) is 0 Å². The maximum Gasteiger partial charge on any atom is 0.262 e.